The topological polar surface area (TPSA) is 37.4 Å². The van der Waals surface area contributed by atoms with Gasteiger partial charge in [-0.15, -0.1) is 0 Å². The summed E-state index contributed by atoms with van der Waals surface area (Å²) in [5, 5.41) is 0. The van der Waals surface area contributed by atoms with Gasteiger partial charge in [-0.25, -0.2) is 0 Å². The highest BCUT2D eigenvalue weighted by molar-refractivity contribution is 5.98. The molecule has 15 heavy (non-hydrogen) atoms. The first-order valence-electron chi connectivity index (χ1n) is 4.67. The van der Waals surface area contributed by atoms with Gasteiger partial charge >= 0.3 is 0 Å². The molecular weight excluding hydrogens is 190 g/mol. The van der Waals surface area contributed by atoms with Gasteiger partial charge in [-0.3, -0.25) is 4.79 Å². The number of carbonyl (C=O) groups is 2. The molecule has 3 nitrogen and oxygen atoms in total. The van der Waals surface area contributed by atoms with E-state index in [0.29, 0.717) is 5.57 Å². The smallest absolute Gasteiger partial charge is 0.254 e. The molecule has 0 N–H and O–H groups in total. The zero-order valence-corrected chi connectivity index (χ0v) is 9.49. The van der Waals surface area contributed by atoms with Crippen molar-refractivity contribution >= 4 is 12.2 Å². The van der Waals surface area contributed by atoms with E-state index in [4.69, 9.17) is 0 Å². The summed E-state index contributed by atoms with van der Waals surface area (Å²) in [4.78, 5) is 23.8. The second kappa shape index (κ2) is 5.96. The van der Waals surface area contributed by atoms with Crippen LogP contribution in [-0.2, 0) is 9.59 Å². The van der Waals surface area contributed by atoms with E-state index in [-0.39, 0.29) is 5.91 Å². The van der Waals surface area contributed by atoms with E-state index in [2.05, 4.69) is 13.2 Å². The lowest BCUT2D eigenvalue weighted by Crippen LogP contribution is -2.36. The Bertz CT molecular complexity index is 316. The molecule has 0 aromatic rings. The number of aldehydes is 1. The maximum absolute atomic E-state index is 11.9. The summed E-state index contributed by atoms with van der Waals surface area (Å²) in [6.45, 7) is 10.6. The first-order valence-corrected chi connectivity index (χ1v) is 4.67. The van der Waals surface area contributed by atoms with Gasteiger partial charge in [0, 0.05) is 12.6 Å². The molecule has 1 atom stereocenters. The zero-order chi connectivity index (χ0) is 12.0. The Morgan fingerprint density at radius 1 is 1.33 bits per heavy atom. The summed E-state index contributed by atoms with van der Waals surface area (Å²) in [5.41, 5.74) is 1.22. The maximum atomic E-state index is 11.9. The number of carbonyl (C=O) groups excluding carboxylic acids is 2. The Hall–Kier alpha value is -1.64. The molecule has 0 fully saturated rings. The molecule has 82 valence electrons. The summed E-state index contributed by atoms with van der Waals surface area (Å²) in [6, 6.07) is -0.440. The van der Waals surface area contributed by atoms with Crippen molar-refractivity contribution in [1.29, 1.82) is 0 Å². The Morgan fingerprint density at radius 3 is 2.20 bits per heavy atom. The quantitative estimate of drug-likeness (QED) is 0.391. The molecule has 3 heteroatoms. The van der Waals surface area contributed by atoms with E-state index >= 15 is 0 Å². The fourth-order valence-electron chi connectivity index (χ4n) is 0.993. The first kappa shape index (κ1) is 13.4. The average Bonchev–Trinajstić information content (AvgIpc) is 2.27. The molecule has 0 aromatic heterocycles. The normalized spacial score (nSPS) is 13.5. The summed E-state index contributed by atoms with van der Waals surface area (Å²) in [6.07, 6.45) is 3.80. The Kier molecular flexibility index (Phi) is 5.31. The predicted octanol–water partition coefficient (Wildman–Crippen LogP) is 1.72. The summed E-state index contributed by atoms with van der Waals surface area (Å²) in [7, 11) is 1.58. The van der Waals surface area contributed by atoms with Crippen molar-refractivity contribution in [2.75, 3.05) is 7.05 Å². The lowest BCUT2D eigenvalue weighted by molar-refractivity contribution is -0.130. The molecule has 0 bridgehead atoms. The molecule has 1 unspecified atom stereocenters. The van der Waals surface area contributed by atoms with Crippen LogP contribution in [0.2, 0.25) is 0 Å². The molecule has 0 spiro atoms. The van der Waals surface area contributed by atoms with Crippen LogP contribution < -0.4 is 0 Å². The number of allylic oxidation sites excluding steroid dienone is 2. The van der Waals surface area contributed by atoms with Crippen LogP contribution in [0.3, 0.4) is 0 Å². The first-order chi connectivity index (χ1) is 6.99. The minimum absolute atomic E-state index is 0.220. The molecule has 0 saturated heterocycles. The third-order valence-corrected chi connectivity index (χ3v) is 2.29. The van der Waals surface area contributed by atoms with E-state index in [1.165, 1.54) is 11.0 Å². The van der Waals surface area contributed by atoms with Gasteiger partial charge in [0.05, 0.1) is 6.04 Å². The molecule has 0 aliphatic heterocycles. The van der Waals surface area contributed by atoms with Gasteiger partial charge in [-0.05, 0) is 19.4 Å². The Balaban J connectivity index is 5.06. The predicted molar refractivity (Wildman–Crippen MR) is 61.4 cm³/mol. The third-order valence-electron chi connectivity index (χ3n) is 2.29. The van der Waals surface area contributed by atoms with Gasteiger partial charge in [0.2, 0.25) is 0 Å². The molecule has 0 heterocycles. The van der Waals surface area contributed by atoms with E-state index in [1.807, 2.05) is 0 Å². The van der Waals surface area contributed by atoms with Gasteiger partial charge < -0.3 is 9.69 Å². The Labute approximate surface area is 90.8 Å². The van der Waals surface area contributed by atoms with Crippen LogP contribution in [0.15, 0.2) is 36.5 Å². The number of rotatable bonds is 5. The van der Waals surface area contributed by atoms with Crippen LogP contribution in [0.25, 0.3) is 0 Å². The SMILES string of the molecule is C=C/C(C)=C(\C=C)C(=O)N(C)C(C)C=O. The van der Waals surface area contributed by atoms with Crippen molar-refractivity contribution in [2.24, 2.45) is 0 Å². The second-order valence-corrected chi connectivity index (χ2v) is 3.30. The number of likely N-dealkylation sites (N-methyl/N-ethyl adjacent to an activating group) is 1. The largest absolute Gasteiger partial charge is 0.332 e. The van der Waals surface area contributed by atoms with Crippen LogP contribution in [0.5, 0.6) is 0 Å². The highest BCUT2D eigenvalue weighted by atomic mass is 16.2. The molecule has 0 aliphatic rings. The fraction of sp³-hybridized carbons (Fsp3) is 0.333. The van der Waals surface area contributed by atoms with Crippen LogP contribution in [0.4, 0.5) is 0 Å². The summed E-state index contributed by atoms with van der Waals surface area (Å²) >= 11 is 0. The molecule has 0 aromatic carbocycles. The van der Waals surface area contributed by atoms with Crippen LogP contribution >= 0.6 is 0 Å². The van der Waals surface area contributed by atoms with E-state index in [9.17, 15) is 9.59 Å². The molecule has 0 aliphatic carbocycles. The van der Waals surface area contributed by atoms with Crippen LogP contribution in [0.1, 0.15) is 13.8 Å². The minimum Gasteiger partial charge on any atom is -0.332 e. The lowest BCUT2D eigenvalue weighted by atomic mass is 10.1. The second-order valence-electron chi connectivity index (χ2n) is 3.30. The van der Waals surface area contributed by atoms with Crippen molar-refractivity contribution in [3.8, 4) is 0 Å². The number of hydrogen-bond acceptors (Lipinski definition) is 2. The van der Waals surface area contributed by atoms with Gasteiger partial charge in [-0.2, -0.15) is 0 Å². The molecule has 0 radical (unpaired) electrons. The van der Waals surface area contributed by atoms with Gasteiger partial charge in [0.25, 0.3) is 5.91 Å². The van der Waals surface area contributed by atoms with Crippen molar-refractivity contribution < 1.29 is 9.59 Å². The number of amides is 1. The third kappa shape index (κ3) is 3.20. The highest BCUT2D eigenvalue weighted by Gasteiger charge is 2.18. The average molecular weight is 207 g/mol. The van der Waals surface area contributed by atoms with E-state index < -0.39 is 6.04 Å². The Morgan fingerprint density at radius 2 is 1.87 bits per heavy atom. The van der Waals surface area contributed by atoms with Gasteiger partial charge in [0.15, 0.2) is 0 Å². The molecule has 1 amide bonds. The summed E-state index contributed by atoms with van der Waals surface area (Å²) < 4.78 is 0. The van der Waals surface area contributed by atoms with Crippen LogP contribution in [-0.4, -0.2) is 30.2 Å². The van der Waals surface area contributed by atoms with Gasteiger partial charge in [0.1, 0.15) is 6.29 Å². The molecular formula is C12H17NO2. The molecule has 0 saturated carbocycles. The van der Waals surface area contributed by atoms with E-state index in [1.54, 1.807) is 27.0 Å². The number of hydrogen-bond donors (Lipinski definition) is 0. The standard InChI is InChI=1S/C12H17NO2/c1-6-9(3)11(7-2)12(15)13(5)10(4)8-14/h6-8,10H,1-2H2,3-5H3/b11-9+. The fourth-order valence-corrected chi connectivity index (χ4v) is 0.993. The lowest BCUT2D eigenvalue weighted by Gasteiger charge is -2.21. The minimum atomic E-state index is -0.440. The van der Waals surface area contributed by atoms with Crippen molar-refractivity contribution in [3.63, 3.8) is 0 Å². The van der Waals surface area contributed by atoms with Gasteiger partial charge in [-0.1, -0.05) is 25.3 Å². The van der Waals surface area contributed by atoms with Crippen molar-refractivity contribution in [1.82, 2.24) is 4.90 Å². The number of nitrogens with zero attached hydrogens (tertiary/aromatic N) is 1. The highest BCUT2D eigenvalue weighted by Crippen LogP contribution is 2.10. The van der Waals surface area contributed by atoms with Crippen molar-refractivity contribution in [2.45, 2.75) is 19.9 Å². The molecule has 0 rings (SSSR count). The van der Waals surface area contributed by atoms with Crippen LogP contribution in [0, 0.1) is 0 Å². The zero-order valence-electron chi connectivity index (χ0n) is 9.49. The summed E-state index contributed by atoms with van der Waals surface area (Å²) in [5.74, 6) is -0.220. The monoisotopic (exact) mass is 207 g/mol. The maximum Gasteiger partial charge on any atom is 0.254 e. The van der Waals surface area contributed by atoms with E-state index in [0.717, 1.165) is 11.9 Å². The van der Waals surface area contributed by atoms with Crippen molar-refractivity contribution in [3.05, 3.63) is 36.5 Å².